The Kier molecular flexibility index (Phi) is 4.18. The van der Waals surface area contributed by atoms with Crippen LogP contribution in [0.5, 0.6) is 0 Å². The van der Waals surface area contributed by atoms with E-state index in [0.717, 1.165) is 17.0 Å². The van der Waals surface area contributed by atoms with Crippen LogP contribution in [0.4, 0.5) is 0 Å². The average molecular weight is 338 g/mol. The maximum Gasteiger partial charge on any atom is 0.0929 e. The highest BCUT2D eigenvalue weighted by Gasteiger charge is 2.14. The van der Waals surface area contributed by atoms with Gasteiger partial charge in [0.2, 0.25) is 0 Å². The van der Waals surface area contributed by atoms with Gasteiger partial charge in [0.1, 0.15) is 0 Å². The molecule has 0 spiro atoms. The fourth-order valence-corrected chi connectivity index (χ4v) is 3.62. The van der Waals surface area contributed by atoms with Gasteiger partial charge in [0.25, 0.3) is 0 Å². The van der Waals surface area contributed by atoms with Gasteiger partial charge in [-0.25, -0.2) is 0 Å². The molecule has 4 aromatic rings. The van der Waals surface area contributed by atoms with Crippen molar-refractivity contribution in [2.24, 2.45) is 7.05 Å². The quantitative estimate of drug-likeness (QED) is 0.445. The standard InChI is InChI=1S/C24H22N2/c1-17-14-21(19-10-6-4-7-11-19)15-18(2)24(17)23-16-22(25-26(23)3)20-12-8-5-9-13-20/h4-16H,1-3H3. The topological polar surface area (TPSA) is 17.8 Å². The molecule has 0 radical (unpaired) electrons. The van der Waals surface area contributed by atoms with Gasteiger partial charge in [-0.1, -0.05) is 72.8 Å². The summed E-state index contributed by atoms with van der Waals surface area (Å²) in [5, 5.41) is 4.74. The molecule has 3 aromatic carbocycles. The summed E-state index contributed by atoms with van der Waals surface area (Å²) in [5.74, 6) is 0. The SMILES string of the molecule is Cc1cc(-c2ccccc2)cc(C)c1-c1cc(-c2ccccc2)nn1C. The maximum absolute atomic E-state index is 4.74. The van der Waals surface area contributed by atoms with Crippen molar-refractivity contribution < 1.29 is 0 Å². The van der Waals surface area contributed by atoms with E-state index in [1.54, 1.807) is 0 Å². The molecule has 1 heterocycles. The number of aromatic nitrogens is 2. The molecule has 0 saturated heterocycles. The third-order valence-corrected chi connectivity index (χ3v) is 4.85. The van der Waals surface area contributed by atoms with E-state index in [4.69, 9.17) is 5.10 Å². The lowest BCUT2D eigenvalue weighted by molar-refractivity contribution is 0.778. The smallest absolute Gasteiger partial charge is 0.0929 e. The molecule has 0 saturated carbocycles. The van der Waals surface area contributed by atoms with Crippen LogP contribution in [0.15, 0.2) is 78.9 Å². The van der Waals surface area contributed by atoms with Crippen molar-refractivity contribution in [3.05, 3.63) is 90.0 Å². The fraction of sp³-hybridized carbons (Fsp3) is 0.125. The molecule has 0 fully saturated rings. The van der Waals surface area contributed by atoms with Gasteiger partial charge in [-0.05, 0) is 42.2 Å². The first-order valence-corrected chi connectivity index (χ1v) is 8.90. The molecular formula is C24H22N2. The molecule has 0 unspecified atom stereocenters. The first kappa shape index (κ1) is 16.3. The second-order valence-electron chi connectivity index (χ2n) is 6.76. The highest BCUT2D eigenvalue weighted by molar-refractivity contribution is 5.77. The first-order valence-electron chi connectivity index (χ1n) is 8.90. The van der Waals surface area contributed by atoms with Gasteiger partial charge in [0, 0.05) is 18.2 Å². The normalized spacial score (nSPS) is 10.9. The van der Waals surface area contributed by atoms with E-state index in [0.29, 0.717) is 0 Å². The number of hydrogen-bond donors (Lipinski definition) is 0. The molecular weight excluding hydrogens is 316 g/mol. The Bertz CT molecular complexity index is 1020. The monoisotopic (exact) mass is 338 g/mol. The summed E-state index contributed by atoms with van der Waals surface area (Å²) in [6.45, 7) is 4.37. The molecule has 128 valence electrons. The average Bonchev–Trinajstić information content (AvgIpc) is 3.04. The van der Waals surface area contributed by atoms with E-state index >= 15 is 0 Å². The number of hydrogen-bond acceptors (Lipinski definition) is 1. The third-order valence-electron chi connectivity index (χ3n) is 4.85. The molecule has 0 aliphatic carbocycles. The molecule has 4 rings (SSSR count). The van der Waals surface area contributed by atoms with Gasteiger partial charge in [-0.3, -0.25) is 4.68 Å². The summed E-state index contributed by atoms with van der Waals surface area (Å²) >= 11 is 0. The molecule has 0 N–H and O–H groups in total. The number of rotatable bonds is 3. The molecule has 1 aromatic heterocycles. The van der Waals surface area contributed by atoms with Gasteiger partial charge in [-0.15, -0.1) is 0 Å². The van der Waals surface area contributed by atoms with Crippen molar-refractivity contribution in [3.8, 4) is 33.6 Å². The zero-order valence-corrected chi connectivity index (χ0v) is 15.4. The highest BCUT2D eigenvalue weighted by atomic mass is 15.3. The van der Waals surface area contributed by atoms with Gasteiger partial charge in [0.15, 0.2) is 0 Å². The van der Waals surface area contributed by atoms with Crippen molar-refractivity contribution in [1.82, 2.24) is 9.78 Å². The minimum Gasteiger partial charge on any atom is -0.267 e. The van der Waals surface area contributed by atoms with Crippen LogP contribution < -0.4 is 0 Å². The van der Waals surface area contributed by atoms with Crippen LogP contribution in [-0.2, 0) is 7.05 Å². The van der Waals surface area contributed by atoms with Crippen LogP contribution in [-0.4, -0.2) is 9.78 Å². The summed E-state index contributed by atoms with van der Waals surface area (Å²) in [7, 11) is 2.02. The zero-order chi connectivity index (χ0) is 18.1. The molecule has 0 bridgehead atoms. The predicted octanol–water partition coefficient (Wildman–Crippen LogP) is 6.04. The Morgan fingerprint density at radius 1 is 0.654 bits per heavy atom. The van der Waals surface area contributed by atoms with Crippen LogP contribution in [0.3, 0.4) is 0 Å². The van der Waals surface area contributed by atoms with Crippen molar-refractivity contribution in [2.75, 3.05) is 0 Å². The van der Waals surface area contributed by atoms with E-state index in [9.17, 15) is 0 Å². The molecule has 0 aliphatic rings. The second-order valence-corrected chi connectivity index (χ2v) is 6.76. The summed E-state index contributed by atoms with van der Waals surface area (Å²) in [5.41, 5.74) is 9.62. The third kappa shape index (κ3) is 2.95. The number of benzene rings is 3. The Morgan fingerprint density at radius 3 is 1.77 bits per heavy atom. The maximum atomic E-state index is 4.74. The number of aryl methyl sites for hydroxylation is 3. The Labute approximate surface area is 154 Å². The molecule has 2 nitrogen and oxygen atoms in total. The van der Waals surface area contributed by atoms with Gasteiger partial charge >= 0.3 is 0 Å². The highest BCUT2D eigenvalue weighted by Crippen LogP contribution is 2.33. The molecule has 0 atom stereocenters. The summed E-state index contributed by atoms with van der Waals surface area (Å²) in [6.07, 6.45) is 0. The van der Waals surface area contributed by atoms with Gasteiger partial charge < -0.3 is 0 Å². The van der Waals surface area contributed by atoms with Crippen LogP contribution in [0.2, 0.25) is 0 Å². The summed E-state index contributed by atoms with van der Waals surface area (Å²) < 4.78 is 1.99. The Morgan fingerprint density at radius 2 is 1.19 bits per heavy atom. The van der Waals surface area contributed by atoms with Crippen molar-refractivity contribution >= 4 is 0 Å². The molecule has 26 heavy (non-hydrogen) atoms. The van der Waals surface area contributed by atoms with E-state index in [1.165, 1.54) is 27.8 Å². The largest absolute Gasteiger partial charge is 0.267 e. The summed E-state index contributed by atoms with van der Waals surface area (Å²) in [4.78, 5) is 0. The fourth-order valence-electron chi connectivity index (χ4n) is 3.62. The second kappa shape index (κ2) is 6.64. The van der Waals surface area contributed by atoms with Crippen LogP contribution in [0, 0.1) is 13.8 Å². The van der Waals surface area contributed by atoms with E-state index in [1.807, 2.05) is 17.8 Å². The Balaban J connectivity index is 1.81. The number of nitrogens with zero attached hydrogens (tertiary/aromatic N) is 2. The van der Waals surface area contributed by atoms with Crippen LogP contribution in [0.1, 0.15) is 11.1 Å². The van der Waals surface area contributed by atoms with Crippen molar-refractivity contribution in [2.45, 2.75) is 13.8 Å². The Hall–Kier alpha value is -3.13. The van der Waals surface area contributed by atoms with E-state index < -0.39 is 0 Å². The van der Waals surface area contributed by atoms with Crippen molar-refractivity contribution in [1.29, 1.82) is 0 Å². The van der Waals surface area contributed by atoms with Crippen LogP contribution >= 0.6 is 0 Å². The zero-order valence-electron chi connectivity index (χ0n) is 15.4. The van der Waals surface area contributed by atoms with Crippen LogP contribution in [0.25, 0.3) is 33.6 Å². The lowest BCUT2D eigenvalue weighted by Crippen LogP contribution is -1.98. The molecule has 0 aliphatic heterocycles. The minimum absolute atomic E-state index is 1.01. The predicted molar refractivity (Wildman–Crippen MR) is 109 cm³/mol. The molecule has 2 heteroatoms. The van der Waals surface area contributed by atoms with E-state index in [-0.39, 0.29) is 0 Å². The molecule has 0 amide bonds. The van der Waals surface area contributed by atoms with Crippen molar-refractivity contribution in [3.63, 3.8) is 0 Å². The lowest BCUT2D eigenvalue weighted by atomic mass is 9.93. The van der Waals surface area contributed by atoms with E-state index in [2.05, 4.69) is 86.6 Å². The first-order chi connectivity index (χ1) is 12.6. The van der Waals surface area contributed by atoms with Gasteiger partial charge in [-0.2, -0.15) is 5.10 Å². The lowest BCUT2D eigenvalue weighted by Gasteiger charge is -2.13. The van der Waals surface area contributed by atoms with Gasteiger partial charge in [0.05, 0.1) is 11.4 Å². The minimum atomic E-state index is 1.01. The summed E-state index contributed by atoms with van der Waals surface area (Å²) in [6, 6.07) is 27.6.